The van der Waals surface area contributed by atoms with Gasteiger partial charge in [-0.25, -0.2) is 4.98 Å². The molecular formula is C25H18N4O4. The van der Waals surface area contributed by atoms with E-state index in [-0.39, 0.29) is 17.5 Å². The van der Waals surface area contributed by atoms with Crippen molar-refractivity contribution in [3.05, 3.63) is 106 Å². The van der Waals surface area contributed by atoms with Gasteiger partial charge in [-0.15, -0.1) is 5.10 Å². The summed E-state index contributed by atoms with van der Waals surface area (Å²) < 4.78 is 6.15. The monoisotopic (exact) mass is 438 g/mol. The van der Waals surface area contributed by atoms with Crippen molar-refractivity contribution in [3.63, 3.8) is 0 Å². The first kappa shape index (κ1) is 20.3. The molecule has 0 N–H and O–H groups in total. The Morgan fingerprint density at radius 3 is 2.45 bits per heavy atom. The van der Waals surface area contributed by atoms with E-state index >= 15 is 0 Å². The van der Waals surface area contributed by atoms with Gasteiger partial charge in [-0.05, 0) is 18.2 Å². The molecule has 4 aromatic rings. The molecule has 2 heterocycles. The van der Waals surface area contributed by atoms with Crippen LogP contribution in [-0.2, 0) is 9.53 Å². The number of nitro benzene ring substituents is 1. The van der Waals surface area contributed by atoms with Gasteiger partial charge in [0.15, 0.2) is 0 Å². The Hall–Kier alpha value is -4.59. The van der Waals surface area contributed by atoms with Crippen LogP contribution >= 0.6 is 0 Å². The number of hydrogen-bond donors (Lipinski definition) is 0. The predicted octanol–water partition coefficient (Wildman–Crippen LogP) is 5.05. The minimum Gasteiger partial charge on any atom is -0.446 e. The van der Waals surface area contributed by atoms with Crippen LogP contribution in [0.3, 0.4) is 0 Å². The van der Waals surface area contributed by atoms with Crippen LogP contribution in [0.25, 0.3) is 22.2 Å². The maximum absolute atomic E-state index is 12.5. The van der Waals surface area contributed by atoms with Crippen LogP contribution in [0.4, 0.5) is 5.69 Å². The van der Waals surface area contributed by atoms with Crippen molar-refractivity contribution in [2.24, 2.45) is 5.10 Å². The normalized spacial score (nSPS) is 15.2. The second-order valence-corrected chi connectivity index (χ2v) is 7.53. The molecular weight excluding hydrogens is 420 g/mol. The molecule has 0 spiro atoms. The van der Waals surface area contributed by atoms with Crippen LogP contribution in [0.15, 0.2) is 90.0 Å². The summed E-state index contributed by atoms with van der Waals surface area (Å²) in [6, 6.07) is 25.2. The number of fused-ring (bicyclic) bond motifs is 1. The van der Waals surface area contributed by atoms with Gasteiger partial charge in [-0.1, -0.05) is 54.6 Å². The lowest BCUT2D eigenvalue weighted by Crippen LogP contribution is -2.25. The summed E-state index contributed by atoms with van der Waals surface area (Å²) in [4.78, 5) is 28.0. The van der Waals surface area contributed by atoms with Gasteiger partial charge in [0.25, 0.3) is 5.69 Å². The molecule has 0 fully saturated rings. The summed E-state index contributed by atoms with van der Waals surface area (Å²) in [6.45, 7) is 1.40. The number of para-hydroxylation sites is 1. The number of benzene rings is 3. The zero-order chi connectivity index (χ0) is 22.9. The molecule has 1 aliphatic rings. The van der Waals surface area contributed by atoms with E-state index in [4.69, 9.17) is 9.72 Å². The molecule has 0 radical (unpaired) electrons. The number of non-ortho nitro benzene ring substituents is 1. The first-order valence-corrected chi connectivity index (χ1v) is 10.3. The van der Waals surface area contributed by atoms with Gasteiger partial charge in [0.2, 0.25) is 18.0 Å². The average molecular weight is 438 g/mol. The topological polar surface area (TPSA) is 97.9 Å². The Bertz CT molecular complexity index is 1420. The predicted molar refractivity (Wildman–Crippen MR) is 123 cm³/mol. The van der Waals surface area contributed by atoms with E-state index in [2.05, 4.69) is 5.10 Å². The van der Waals surface area contributed by atoms with E-state index < -0.39 is 11.2 Å². The summed E-state index contributed by atoms with van der Waals surface area (Å²) in [5, 5.41) is 17.6. The van der Waals surface area contributed by atoms with Crippen LogP contribution < -0.4 is 0 Å². The number of nitro groups is 1. The number of aromatic nitrogens is 1. The zero-order valence-electron chi connectivity index (χ0n) is 17.6. The van der Waals surface area contributed by atoms with E-state index in [1.807, 2.05) is 60.7 Å². The number of ether oxygens (including phenoxy) is 1. The van der Waals surface area contributed by atoms with E-state index in [9.17, 15) is 14.9 Å². The standard InChI is InChI=1S/C25H18N4O4/c1-16(30)28-25(33-24(27-28)18-10-7-11-19(14-18)29(31)32)21-15-23(17-8-3-2-4-9-17)26-22-13-6-5-12-20(21)22/h2-15,25H,1H3. The highest BCUT2D eigenvalue weighted by Gasteiger charge is 2.35. The van der Waals surface area contributed by atoms with Crippen molar-refractivity contribution >= 4 is 28.4 Å². The number of hydrogen-bond acceptors (Lipinski definition) is 6. The highest BCUT2D eigenvalue weighted by molar-refractivity contribution is 5.97. The fourth-order valence-electron chi connectivity index (χ4n) is 3.80. The highest BCUT2D eigenvalue weighted by Crippen LogP contribution is 2.36. The molecule has 1 unspecified atom stereocenters. The molecule has 1 amide bonds. The maximum Gasteiger partial charge on any atom is 0.270 e. The molecule has 3 aromatic carbocycles. The lowest BCUT2D eigenvalue weighted by molar-refractivity contribution is -0.384. The largest absolute Gasteiger partial charge is 0.446 e. The van der Waals surface area contributed by atoms with E-state index in [1.54, 1.807) is 12.1 Å². The van der Waals surface area contributed by atoms with E-state index in [0.29, 0.717) is 5.56 Å². The molecule has 33 heavy (non-hydrogen) atoms. The van der Waals surface area contributed by atoms with Crippen molar-refractivity contribution < 1.29 is 14.5 Å². The van der Waals surface area contributed by atoms with Gasteiger partial charge >= 0.3 is 0 Å². The number of rotatable bonds is 4. The summed E-state index contributed by atoms with van der Waals surface area (Å²) >= 11 is 0. The van der Waals surface area contributed by atoms with Crippen molar-refractivity contribution in [2.45, 2.75) is 13.2 Å². The third-order valence-electron chi connectivity index (χ3n) is 5.35. The first-order chi connectivity index (χ1) is 16.0. The smallest absolute Gasteiger partial charge is 0.270 e. The number of amides is 1. The van der Waals surface area contributed by atoms with E-state index in [0.717, 1.165) is 27.7 Å². The Morgan fingerprint density at radius 1 is 0.970 bits per heavy atom. The molecule has 1 aliphatic heterocycles. The molecule has 8 heteroatoms. The lowest BCUT2D eigenvalue weighted by Gasteiger charge is -2.21. The maximum atomic E-state index is 12.5. The van der Waals surface area contributed by atoms with Crippen LogP contribution in [-0.4, -0.2) is 26.7 Å². The lowest BCUT2D eigenvalue weighted by atomic mass is 10.0. The SMILES string of the molecule is CC(=O)N1N=C(c2cccc([N+](=O)[O-])c2)OC1c1cc(-c2ccccc2)nc2ccccc12. The third-order valence-corrected chi connectivity index (χ3v) is 5.35. The summed E-state index contributed by atoms with van der Waals surface area (Å²) in [5.74, 6) is -0.177. The fourth-order valence-corrected chi connectivity index (χ4v) is 3.80. The quantitative estimate of drug-likeness (QED) is 0.328. The molecule has 0 saturated heterocycles. The van der Waals surface area contributed by atoms with Crippen LogP contribution in [0.5, 0.6) is 0 Å². The number of pyridine rings is 1. The Labute approximate surface area is 188 Å². The number of carbonyl (C=O) groups excluding carboxylic acids is 1. The molecule has 5 rings (SSSR count). The number of carbonyl (C=O) groups is 1. The van der Waals surface area contributed by atoms with Crippen molar-refractivity contribution in [2.75, 3.05) is 0 Å². The minimum absolute atomic E-state index is 0.0858. The zero-order valence-corrected chi connectivity index (χ0v) is 17.6. The molecule has 0 saturated carbocycles. The highest BCUT2D eigenvalue weighted by atomic mass is 16.6. The molecule has 8 nitrogen and oxygen atoms in total. The molecule has 0 bridgehead atoms. The molecule has 1 atom stereocenters. The van der Waals surface area contributed by atoms with E-state index in [1.165, 1.54) is 24.1 Å². The Morgan fingerprint density at radius 2 is 1.70 bits per heavy atom. The Balaban J connectivity index is 1.63. The molecule has 1 aromatic heterocycles. The van der Waals surface area contributed by atoms with Crippen LogP contribution in [0.1, 0.15) is 24.3 Å². The summed E-state index contributed by atoms with van der Waals surface area (Å²) in [6.07, 6.45) is -0.841. The summed E-state index contributed by atoms with van der Waals surface area (Å²) in [5.41, 5.74) is 3.47. The van der Waals surface area contributed by atoms with Gasteiger partial charge < -0.3 is 4.74 Å². The second-order valence-electron chi connectivity index (χ2n) is 7.53. The van der Waals surface area contributed by atoms with Crippen LogP contribution in [0.2, 0.25) is 0 Å². The third kappa shape index (κ3) is 3.78. The molecule has 162 valence electrons. The minimum atomic E-state index is -0.841. The van der Waals surface area contributed by atoms with Crippen molar-refractivity contribution in [3.8, 4) is 11.3 Å². The van der Waals surface area contributed by atoms with Gasteiger partial charge in [0.1, 0.15) is 0 Å². The van der Waals surface area contributed by atoms with Gasteiger partial charge in [0.05, 0.1) is 16.1 Å². The van der Waals surface area contributed by atoms with Crippen molar-refractivity contribution in [1.29, 1.82) is 0 Å². The number of nitrogens with zero attached hydrogens (tertiary/aromatic N) is 4. The Kier molecular flexibility index (Phi) is 5.02. The van der Waals surface area contributed by atoms with Crippen molar-refractivity contribution in [1.82, 2.24) is 9.99 Å². The molecule has 0 aliphatic carbocycles. The second kappa shape index (κ2) is 8.16. The van der Waals surface area contributed by atoms with Crippen LogP contribution in [0, 0.1) is 10.1 Å². The number of hydrazone groups is 1. The van der Waals surface area contributed by atoms with Gasteiger partial charge in [-0.3, -0.25) is 14.9 Å². The first-order valence-electron chi connectivity index (χ1n) is 10.3. The summed E-state index contributed by atoms with van der Waals surface area (Å²) in [7, 11) is 0. The van der Waals surface area contributed by atoms with Gasteiger partial charge in [0, 0.05) is 41.1 Å². The fraction of sp³-hybridized carbons (Fsp3) is 0.0800. The van der Waals surface area contributed by atoms with Gasteiger partial charge in [-0.2, -0.15) is 5.01 Å². The average Bonchev–Trinajstić information content (AvgIpc) is 3.30.